The van der Waals surface area contributed by atoms with Crippen LogP contribution in [0.15, 0.2) is 89.5 Å². The summed E-state index contributed by atoms with van der Waals surface area (Å²) in [7, 11) is 1.55. The van der Waals surface area contributed by atoms with Crippen molar-refractivity contribution in [3.05, 3.63) is 111 Å². The van der Waals surface area contributed by atoms with Crippen molar-refractivity contribution in [1.82, 2.24) is 5.32 Å². The second-order valence-electron chi connectivity index (χ2n) is 7.06. The van der Waals surface area contributed by atoms with Crippen molar-refractivity contribution < 1.29 is 14.5 Å². The summed E-state index contributed by atoms with van der Waals surface area (Å²) < 4.78 is 5.25. The van der Waals surface area contributed by atoms with Crippen molar-refractivity contribution in [3.8, 4) is 11.8 Å². The van der Waals surface area contributed by atoms with Crippen LogP contribution in [0.1, 0.15) is 11.1 Å². The zero-order valence-corrected chi connectivity index (χ0v) is 19.2. The lowest BCUT2D eigenvalue weighted by Gasteiger charge is -2.14. The number of carbonyl (C=O) groups excluding carboxylic acids is 1. The second-order valence-corrected chi connectivity index (χ2v) is 8.04. The lowest BCUT2D eigenvalue weighted by atomic mass is 10.2. The van der Waals surface area contributed by atoms with Crippen molar-refractivity contribution in [2.45, 2.75) is 12.3 Å². The van der Waals surface area contributed by atoms with Crippen LogP contribution in [0.4, 0.5) is 11.4 Å². The monoisotopic (exact) mass is 474 g/mol. The molecule has 0 fully saturated rings. The van der Waals surface area contributed by atoms with Gasteiger partial charge in [0, 0.05) is 36.2 Å². The maximum absolute atomic E-state index is 12.9. The van der Waals surface area contributed by atoms with E-state index < -0.39 is 10.8 Å². The number of hydrogen-bond donors (Lipinski definition) is 2. The van der Waals surface area contributed by atoms with Gasteiger partial charge in [-0.25, -0.2) is 0 Å². The number of hydrogen-bond acceptors (Lipinski definition) is 7. The minimum atomic E-state index is -0.525. The molecule has 0 heterocycles. The molecule has 0 aliphatic heterocycles. The Balaban J connectivity index is 1.86. The molecule has 3 aromatic rings. The smallest absolute Gasteiger partial charge is 0.269 e. The quantitative estimate of drug-likeness (QED) is 0.184. The fourth-order valence-electron chi connectivity index (χ4n) is 2.99. The molecule has 0 unspecified atom stereocenters. The van der Waals surface area contributed by atoms with Crippen molar-refractivity contribution >= 4 is 29.0 Å². The van der Waals surface area contributed by atoms with Crippen LogP contribution in [0, 0.1) is 21.4 Å². The molecule has 0 radical (unpaired) electrons. The van der Waals surface area contributed by atoms with Gasteiger partial charge in [-0.1, -0.05) is 48.5 Å². The summed E-state index contributed by atoms with van der Waals surface area (Å²) in [6, 6.07) is 24.7. The third-order valence-electron chi connectivity index (χ3n) is 4.69. The van der Waals surface area contributed by atoms with E-state index in [0.717, 1.165) is 5.56 Å². The van der Waals surface area contributed by atoms with Crippen LogP contribution in [-0.2, 0) is 17.1 Å². The van der Waals surface area contributed by atoms with Gasteiger partial charge in [0.25, 0.3) is 11.6 Å². The average molecular weight is 475 g/mol. The summed E-state index contributed by atoms with van der Waals surface area (Å²) in [5.74, 6) is 0.397. The number of non-ortho nitro benzene ring substituents is 1. The SMILES string of the molecule is COc1cccc(NC(SCc2cccc([N+](=O)[O-])c2)=C(C#N)C(=O)NCc2ccccc2)c1. The Morgan fingerprint density at radius 1 is 1.06 bits per heavy atom. The highest BCUT2D eigenvalue weighted by atomic mass is 32.2. The van der Waals surface area contributed by atoms with Crippen LogP contribution in [0.5, 0.6) is 5.75 Å². The molecule has 0 saturated carbocycles. The van der Waals surface area contributed by atoms with Crippen LogP contribution in [0.2, 0.25) is 0 Å². The van der Waals surface area contributed by atoms with Crippen LogP contribution >= 0.6 is 11.8 Å². The average Bonchev–Trinajstić information content (AvgIpc) is 2.87. The molecule has 9 heteroatoms. The van der Waals surface area contributed by atoms with E-state index in [9.17, 15) is 20.2 Å². The summed E-state index contributed by atoms with van der Waals surface area (Å²) >= 11 is 1.21. The van der Waals surface area contributed by atoms with Crippen molar-refractivity contribution in [2.24, 2.45) is 0 Å². The maximum Gasteiger partial charge on any atom is 0.269 e. The first-order valence-corrected chi connectivity index (χ1v) is 11.2. The summed E-state index contributed by atoms with van der Waals surface area (Å²) in [4.78, 5) is 23.5. The van der Waals surface area contributed by atoms with Gasteiger partial charge in [0.15, 0.2) is 0 Å². The normalized spacial score (nSPS) is 11.1. The van der Waals surface area contributed by atoms with Gasteiger partial charge in [0.1, 0.15) is 17.4 Å². The molecule has 3 rings (SSSR count). The molecular formula is C25H22N4O4S. The van der Waals surface area contributed by atoms with Gasteiger partial charge < -0.3 is 15.4 Å². The summed E-state index contributed by atoms with van der Waals surface area (Å²) in [5, 5.41) is 27.2. The van der Waals surface area contributed by atoms with E-state index in [1.807, 2.05) is 36.4 Å². The first-order chi connectivity index (χ1) is 16.5. The molecule has 1 amide bonds. The fourth-order valence-corrected chi connectivity index (χ4v) is 3.95. The van der Waals surface area contributed by atoms with Crippen LogP contribution < -0.4 is 15.4 Å². The molecule has 2 N–H and O–H groups in total. The zero-order valence-electron chi connectivity index (χ0n) is 18.4. The van der Waals surface area contributed by atoms with Gasteiger partial charge in [-0.3, -0.25) is 14.9 Å². The Morgan fingerprint density at radius 2 is 1.79 bits per heavy atom. The third-order valence-corrected chi connectivity index (χ3v) is 5.77. The van der Waals surface area contributed by atoms with Gasteiger partial charge in [-0.2, -0.15) is 5.26 Å². The number of ether oxygens (including phenoxy) is 1. The lowest BCUT2D eigenvalue weighted by Crippen LogP contribution is -2.25. The number of carbonyl (C=O) groups is 1. The first-order valence-electron chi connectivity index (χ1n) is 10.2. The number of nitrogens with zero attached hydrogens (tertiary/aromatic N) is 2. The molecule has 0 aromatic heterocycles. The number of nitriles is 1. The van der Waals surface area contributed by atoms with E-state index in [1.54, 1.807) is 43.5 Å². The largest absolute Gasteiger partial charge is 0.497 e. The highest BCUT2D eigenvalue weighted by Crippen LogP contribution is 2.29. The van der Waals surface area contributed by atoms with E-state index in [1.165, 1.54) is 23.9 Å². The zero-order chi connectivity index (χ0) is 24.3. The fraction of sp³-hybridized carbons (Fsp3) is 0.120. The topological polar surface area (TPSA) is 117 Å². The number of thioether (sulfide) groups is 1. The Labute approximate surface area is 201 Å². The van der Waals surface area contributed by atoms with Gasteiger partial charge >= 0.3 is 0 Å². The van der Waals surface area contributed by atoms with Crippen LogP contribution in [0.3, 0.4) is 0 Å². The number of nitrogens with one attached hydrogen (secondary N) is 2. The number of benzene rings is 3. The van der Waals surface area contributed by atoms with Gasteiger partial charge in [-0.15, -0.1) is 11.8 Å². The van der Waals surface area contributed by atoms with Gasteiger partial charge in [-0.05, 0) is 23.3 Å². The van der Waals surface area contributed by atoms with E-state index in [0.29, 0.717) is 27.8 Å². The van der Waals surface area contributed by atoms with Crippen LogP contribution in [0.25, 0.3) is 0 Å². The van der Waals surface area contributed by atoms with Crippen LogP contribution in [-0.4, -0.2) is 17.9 Å². The highest BCUT2D eigenvalue weighted by Gasteiger charge is 2.17. The Morgan fingerprint density at radius 3 is 2.50 bits per heavy atom. The number of methoxy groups -OCH3 is 1. The summed E-state index contributed by atoms with van der Waals surface area (Å²) in [6.07, 6.45) is 0. The second kappa shape index (κ2) is 12.1. The predicted molar refractivity (Wildman–Crippen MR) is 132 cm³/mol. The van der Waals surface area contributed by atoms with Crippen molar-refractivity contribution in [2.75, 3.05) is 12.4 Å². The lowest BCUT2D eigenvalue weighted by molar-refractivity contribution is -0.384. The molecule has 0 spiro atoms. The van der Waals surface area contributed by atoms with Gasteiger partial charge in [0.05, 0.1) is 17.1 Å². The number of nitro groups is 1. The van der Waals surface area contributed by atoms with E-state index in [4.69, 9.17) is 4.74 Å². The summed E-state index contributed by atoms with van der Waals surface area (Å²) in [6.45, 7) is 0.271. The molecule has 3 aromatic carbocycles. The molecular weight excluding hydrogens is 452 g/mol. The molecule has 0 aliphatic rings. The predicted octanol–water partition coefficient (Wildman–Crippen LogP) is 5.00. The molecule has 0 bridgehead atoms. The first kappa shape index (κ1) is 24.4. The highest BCUT2D eigenvalue weighted by molar-refractivity contribution is 8.02. The Kier molecular flexibility index (Phi) is 8.66. The Hall–Kier alpha value is -4.29. The molecule has 8 nitrogen and oxygen atoms in total. The number of anilines is 1. The molecule has 172 valence electrons. The van der Waals surface area contributed by atoms with E-state index >= 15 is 0 Å². The maximum atomic E-state index is 12.9. The number of nitro benzene ring substituents is 1. The molecule has 0 saturated heterocycles. The van der Waals surface area contributed by atoms with E-state index in [2.05, 4.69) is 10.6 Å². The standard InChI is InChI=1S/C25H22N4O4S/c1-33-22-12-6-10-20(14-22)28-25(34-17-19-9-5-11-21(13-19)29(31)32)23(15-26)24(30)27-16-18-7-3-2-4-8-18/h2-14,28H,16-17H2,1H3,(H,27,30). The number of rotatable bonds is 10. The minimum absolute atomic E-state index is 0.0227. The third kappa shape index (κ3) is 6.85. The molecule has 0 aliphatic carbocycles. The van der Waals surface area contributed by atoms with Crippen molar-refractivity contribution in [1.29, 1.82) is 5.26 Å². The minimum Gasteiger partial charge on any atom is -0.497 e. The Bertz CT molecular complexity index is 1240. The summed E-state index contributed by atoms with van der Waals surface area (Å²) in [5.41, 5.74) is 2.11. The van der Waals surface area contributed by atoms with Crippen molar-refractivity contribution in [3.63, 3.8) is 0 Å². The molecule has 0 atom stereocenters. The van der Waals surface area contributed by atoms with Gasteiger partial charge in [0.2, 0.25) is 0 Å². The van der Waals surface area contributed by atoms with E-state index in [-0.39, 0.29) is 17.8 Å². The molecule has 34 heavy (non-hydrogen) atoms. The number of amides is 1.